The third kappa shape index (κ3) is 13.2. The maximum atomic E-state index is 12.4. The summed E-state index contributed by atoms with van der Waals surface area (Å²) in [5.41, 5.74) is 5.40. The van der Waals surface area contributed by atoms with Crippen LogP contribution in [-0.2, 0) is 33.6 Å². The molecule has 10 N–H and O–H groups in total. The van der Waals surface area contributed by atoms with Gasteiger partial charge in [0.05, 0.1) is 0 Å². The van der Waals surface area contributed by atoms with E-state index in [-0.39, 0.29) is 19.3 Å². The SMILES string of the molecule is C[C@H](NC(=O)[C@@H](C)O)C(=O)N[C@@H](CCC(=O)N[C@@H](CCC[C@@H](N)C(=O)O)C(=O)NCC(=O)O)C(=O)O. The molecule has 0 saturated heterocycles. The van der Waals surface area contributed by atoms with Gasteiger partial charge in [0.1, 0.15) is 36.8 Å². The summed E-state index contributed by atoms with van der Waals surface area (Å²) >= 11 is 0. The van der Waals surface area contributed by atoms with Crippen molar-refractivity contribution >= 4 is 41.5 Å². The molecule has 0 saturated carbocycles. The minimum absolute atomic E-state index is 0.0230. The van der Waals surface area contributed by atoms with Crippen molar-refractivity contribution in [3.05, 3.63) is 0 Å². The first kappa shape index (κ1) is 32.2. The zero-order chi connectivity index (χ0) is 28.0. The molecular formula is C20H33N5O11. The van der Waals surface area contributed by atoms with E-state index in [9.17, 15) is 43.8 Å². The Morgan fingerprint density at radius 1 is 0.750 bits per heavy atom. The number of aliphatic hydroxyl groups is 1. The molecule has 0 spiro atoms. The monoisotopic (exact) mass is 519 g/mol. The van der Waals surface area contributed by atoms with Crippen molar-refractivity contribution in [3.8, 4) is 0 Å². The number of amides is 4. The molecule has 16 nitrogen and oxygen atoms in total. The molecule has 0 radical (unpaired) electrons. The molecule has 5 atom stereocenters. The van der Waals surface area contributed by atoms with E-state index in [2.05, 4.69) is 21.3 Å². The highest BCUT2D eigenvalue weighted by Crippen LogP contribution is 2.06. The van der Waals surface area contributed by atoms with Crippen LogP contribution in [0.25, 0.3) is 0 Å². The van der Waals surface area contributed by atoms with Gasteiger partial charge in [0.2, 0.25) is 23.6 Å². The summed E-state index contributed by atoms with van der Waals surface area (Å²) in [7, 11) is 0. The molecule has 204 valence electrons. The zero-order valence-electron chi connectivity index (χ0n) is 19.9. The molecule has 0 heterocycles. The van der Waals surface area contributed by atoms with Gasteiger partial charge in [-0.3, -0.25) is 28.8 Å². The molecule has 0 unspecified atom stereocenters. The van der Waals surface area contributed by atoms with Gasteiger partial charge in [0.15, 0.2) is 0 Å². The van der Waals surface area contributed by atoms with Crippen molar-refractivity contribution in [2.24, 2.45) is 5.73 Å². The lowest BCUT2D eigenvalue weighted by Crippen LogP contribution is -2.52. The van der Waals surface area contributed by atoms with Crippen LogP contribution in [0.3, 0.4) is 0 Å². The van der Waals surface area contributed by atoms with Gasteiger partial charge >= 0.3 is 17.9 Å². The molecule has 0 rings (SSSR count). The maximum Gasteiger partial charge on any atom is 0.326 e. The topological polar surface area (TPSA) is 275 Å². The average molecular weight is 520 g/mol. The van der Waals surface area contributed by atoms with E-state index >= 15 is 0 Å². The molecule has 16 heteroatoms. The Morgan fingerprint density at radius 2 is 1.36 bits per heavy atom. The molecule has 0 aromatic rings. The van der Waals surface area contributed by atoms with Gasteiger partial charge in [0, 0.05) is 6.42 Å². The summed E-state index contributed by atoms with van der Waals surface area (Å²) in [4.78, 5) is 81.2. The lowest BCUT2D eigenvalue weighted by Gasteiger charge is -2.21. The summed E-state index contributed by atoms with van der Waals surface area (Å²) < 4.78 is 0. The van der Waals surface area contributed by atoms with E-state index in [4.69, 9.17) is 15.9 Å². The minimum atomic E-state index is -1.53. The predicted molar refractivity (Wildman–Crippen MR) is 120 cm³/mol. The lowest BCUT2D eigenvalue weighted by molar-refractivity contribution is -0.143. The fourth-order valence-corrected chi connectivity index (χ4v) is 2.72. The molecule has 0 aliphatic heterocycles. The fourth-order valence-electron chi connectivity index (χ4n) is 2.72. The van der Waals surface area contributed by atoms with Crippen molar-refractivity contribution in [3.63, 3.8) is 0 Å². The number of hydrogen-bond acceptors (Lipinski definition) is 9. The number of carbonyl (C=O) groups is 7. The van der Waals surface area contributed by atoms with E-state index in [0.29, 0.717) is 0 Å². The summed E-state index contributed by atoms with van der Waals surface area (Å²) in [6.45, 7) is 1.71. The molecule has 4 amide bonds. The van der Waals surface area contributed by atoms with Crippen molar-refractivity contribution in [1.82, 2.24) is 21.3 Å². The van der Waals surface area contributed by atoms with Crippen LogP contribution in [0.1, 0.15) is 46.0 Å². The smallest absolute Gasteiger partial charge is 0.326 e. The molecule has 36 heavy (non-hydrogen) atoms. The van der Waals surface area contributed by atoms with Gasteiger partial charge in [-0.15, -0.1) is 0 Å². The van der Waals surface area contributed by atoms with Crippen LogP contribution in [0.4, 0.5) is 0 Å². The van der Waals surface area contributed by atoms with E-state index < -0.39 is 91.2 Å². The highest BCUT2D eigenvalue weighted by Gasteiger charge is 2.27. The summed E-state index contributed by atoms with van der Waals surface area (Å²) in [5.74, 6) is -7.42. The third-order valence-electron chi connectivity index (χ3n) is 4.80. The summed E-state index contributed by atoms with van der Waals surface area (Å²) in [6, 6.07) is -5.15. The van der Waals surface area contributed by atoms with Crippen LogP contribution >= 0.6 is 0 Å². The minimum Gasteiger partial charge on any atom is -0.480 e. The van der Waals surface area contributed by atoms with E-state index in [0.717, 1.165) is 0 Å². The second-order valence-electron chi connectivity index (χ2n) is 7.95. The number of aliphatic carboxylic acids is 3. The van der Waals surface area contributed by atoms with E-state index in [1.54, 1.807) is 0 Å². The zero-order valence-corrected chi connectivity index (χ0v) is 19.9. The number of aliphatic hydroxyl groups excluding tert-OH is 1. The highest BCUT2D eigenvalue weighted by molar-refractivity contribution is 5.92. The van der Waals surface area contributed by atoms with Crippen LogP contribution in [0.2, 0.25) is 0 Å². The number of hydrogen-bond donors (Lipinski definition) is 9. The molecular weight excluding hydrogens is 486 g/mol. The Balaban J connectivity index is 5.04. The number of nitrogens with two attached hydrogens (primary N) is 1. The summed E-state index contributed by atoms with van der Waals surface area (Å²) in [6.07, 6.45) is -2.23. The number of nitrogens with one attached hydrogen (secondary N) is 4. The normalized spacial score (nSPS) is 14.8. The predicted octanol–water partition coefficient (Wildman–Crippen LogP) is -3.51. The second kappa shape index (κ2) is 16.0. The van der Waals surface area contributed by atoms with Gasteiger partial charge in [-0.25, -0.2) is 4.79 Å². The maximum absolute atomic E-state index is 12.4. The fraction of sp³-hybridized carbons (Fsp3) is 0.650. The van der Waals surface area contributed by atoms with Crippen LogP contribution in [0.5, 0.6) is 0 Å². The first-order valence-corrected chi connectivity index (χ1v) is 10.9. The number of carboxylic acids is 3. The Morgan fingerprint density at radius 3 is 1.86 bits per heavy atom. The molecule has 0 aromatic heterocycles. The second-order valence-corrected chi connectivity index (χ2v) is 7.95. The lowest BCUT2D eigenvalue weighted by atomic mass is 10.0. The van der Waals surface area contributed by atoms with Gasteiger partial charge in [0.25, 0.3) is 0 Å². The van der Waals surface area contributed by atoms with Crippen LogP contribution < -0.4 is 27.0 Å². The Labute approximate surface area is 206 Å². The Kier molecular flexibility index (Phi) is 14.3. The van der Waals surface area contributed by atoms with Gasteiger partial charge < -0.3 is 47.4 Å². The third-order valence-corrected chi connectivity index (χ3v) is 4.80. The average Bonchev–Trinajstić information content (AvgIpc) is 2.78. The number of carboxylic acid groups (broad SMARTS) is 3. The van der Waals surface area contributed by atoms with Crippen molar-refractivity contribution in [1.29, 1.82) is 0 Å². The molecule has 0 aliphatic rings. The first-order valence-electron chi connectivity index (χ1n) is 10.9. The quantitative estimate of drug-likeness (QED) is 0.0905. The molecule has 0 aromatic carbocycles. The number of rotatable bonds is 17. The van der Waals surface area contributed by atoms with Crippen LogP contribution in [0.15, 0.2) is 0 Å². The Bertz CT molecular complexity index is 833. The van der Waals surface area contributed by atoms with Gasteiger partial charge in [-0.1, -0.05) is 0 Å². The largest absolute Gasteiger partial charge is 0.480 e. The van der Waals surface area contributed by atoms with Crippen molar-refractivity contribution in [2.45, 2.75) is 76.2 Å². The van der Waals surface area contributed by atoms with Crippen LogP contribution in [0, 0.1) is 0 Å². The number of carbonyl (C=O) groups excluding carboxylic acids is 4. The van der Waals surface area contributed by atoms with Crippen molar-refractivity contribution in [2.75, 3.05) is 6.54 Å². The van der Waals surface area contributed by atoms with E-state index in [1.165, 1.54) is 13.8 Å². The summed E-state index contributed by atoms with van der Waals surface area (Å²) in [5, 5.41) is 44.8. The standard InChI is InChI=1S/C20H33N5O11/c1-9(23-17(31)10(2)26)16(30)25-13(20(35)36)6-7-14(27)24-12(18(32)22-8-15(28)29)5-3-4-11(21)19(33)34/h9-13,26H,3-8,21H2,1-2H3,(H,22,32)(H,23,31)(H,24,27)(H,25,30)(H,28,29)(H,33,34)(H,35,36)/t9-,10+,11+,12-,13-/m0/s1. The first-order chi connectivity index (χ1) is 16.6. The van der Waals surface area contributed by atoms with Gasteiger partial charge in [-0.2, -0.15) is 0 Å². The van der Waals surface area contributed by atoms with Crippen LogP contribution in [-0.4, -0.2) is 98.8 Å². The van der Waals surface area contributed by atoms with E-state index in [1.807, 2.05) is 0 Å². The molecule has 0 fully saturated rings. The highest BCUT2D eigenvalue weighted by atomic mass is 16.4. The van der Waals surface area contributed by atoms with Crippen molar-refractivity contribution < 1.29 is 54.0 Å². The Hall–Kier alpha value is -3.79. The molecule has 0 aliphatic carbocycles. The van der Waals surface area contributed by atoms with Gasteiger partial charge in [-0.05, 0) is 39.5 Å². The molecule has 0 bridgehead atoms.